The fraction of sp³-hybridized carbons (Fsp3) is 0.250. The maximum atomic E-state index is 10.5. The zero-order valence-electron chi connectivity index (χ0n) is 12.3. The Bertz CT molecular complexity index is 637. The second-order valence-electron chi connectivity index (χ2n) is 4.69. The molecule has 4 N–H and O–H groups in total. The number of nitrogens with two attached hydrogens (primary N) is 1. The largest absolute Gasteiger partial charge is 0.504 e. The smallest absolute Gasteiger partial charge is 0.168 e. The van der Waals surface area contributed by atoms with E-state index in [0.717, 1.165) is 5.56 Å². The fourth-order valence-corrected chi connectivity index (χ4v) is 2.47. The maximum Gasteiger partial charge on any atom is 0.168 e. The van der Waals surface area contributed by atoms with Crippen molar-refractivity contribution in [3.8, 4) is 28.4 Å². The van der Waals surface area contributed by atoms with Crippen molar-refractivity contribution in [3.05, 3.63) is 35.4 Å². The SMILES string of the molecule is COc1c(C)c(OC)c(O)c(-c2cccc(CO)c2)c1N. The molecule has 0 aliphatic carbocycles. The molecule has 0 aliphatic rings. The Morgan fingerprint density at radius 2 is 1.81 bits per heavy atom. The Balaban J connectivity index is 2.78. The summed E-state index contributed by atoms with van der Waals surface area (Å²) in [4.78, 5) is 0. The first kappa shape index (κ1) is 15.0. The molecule has 0 saturated carbocycles. The molecule has 0 fully saturated rings. The van der Waals surface area contributed by atoms with Crippen LogP contribution >= 0.6 is 0 Å². The van der Waals surface area contributed by atoms with E-state index in [1.54, 1.807) is 31.2 Å². The number of phenolic OH excluding ortho intramolecular Hbond substituents is 1. The van der Waals surface area contributed by atoms with Crippen LogP contribution in [0.15, 0.2) is 24.3 Å². The van der Waals surface area contributed by atoms with Crippen LogP contribution in [0.4, 0.5) is 5.69 Å². The molecule has 0 bridgehead atoms. The number of anilines is 1. The summed E-state index contributed by atoms with van der Waals surface area (Å²) in [5.41, 5.74) is 8.96. The summed E-state index contributed by atoms with van der Waals surface area (Å²) in [7, 11) is 2.99. The zero-order chi connectivity index (χ0) is 15.6. The van der Waals surface area contributed by atoms with Crippen LogP contribution < -0.4 is 15.2 Å². The maximum absolute atomic E-state index is 10.5. The van der Waals surface area contributed by atoms with E-state index in [-0.39, 0.29) is 12.4 Å². The molecule has 0 atom stereocenters. The lowest BCUT2D eigenvalue weighted by Gasteiger charge is -2.19. The van der Waals surface area contributed by atoms with E-state index in [1.165, 1.54) is 14.2 Å². The first-order chi connectivity index (χ1) is 10.0. The third kappa shape index (κ3) is 2.48. The molecule has 5 heteroatoms. The van der Waals surface area contributed by atoms with Gasteiger partial charge in [-0.2, -0.15) is 0 Å². The van der Waals surface area contributed by atoms with Crippen molar-refractivity contribution in [1.29, 1.82) is 0 Å². The summed E-state index contributed by atoms with van der Waals surface area (Å²) in [6.07, 6.45) is 0. The molecule has 0 amide bonds. The second kappa shape index (κ2) is 5.93. The molecule has 0 aromatic heterocycles. The Labute approximate surface area is 123 Å². The van der Waals surface area contributed by atoms with Crippen LogP contribution in [0.2, 0.25) is 0 Å². The molecule has 112 valence electrons. The average Bonchev–Trinajstić information content (AvgIpc) is 2.48. The summed E-state index contributed by atoms with van der Waals surface area (Å²) in [6.45, 7) is 1.68. The summed E-state index contributed by atoms with van der Waals surface area (Å²) < 4.78 is 10.6. The van der Waals surface area contributed by atoms with E-state index in [0.29, 0.717) is 33.9 Å². The molecule has 0 saturated heterocycles. The molecule has 0 radical (unpaired) electrons. The van der Waals surface area contributed by atoms with Crippen molar-refractivity contribution in [2.24, 2.45) is 0 Å². The van der Waals surface area contributed by atoms with Gasteiger partial charge in [-0.15, -0.1) is 0 Å². The first-order valence-electron chi connectivity index (χ1n) is 6.48. The van der Waals surface area contributed by atoms with E-state index in [9.17, 15) is 10.2 Å². The normalized spacial score (nSPS) is 10.5. The van der Waals surface area contributed by atoms with Gasteiger partial charge in [0.25, 0.3) is 0 Å². The highest BCUT2D eigenvalue weighted by Crippen LogP contribution is 2.49. The van der Waals surface area contributed by atoms with Crippen LogP contribution in [0.1, 0.15) is 11.1 Å². The van der Waals surface area contributed by atoms with Gasteiger partial charge in [0, 0.05) is 5.56 Å². The van der Waals surface area contributed by atoms with Crippen molar-refractivity contribution >= 4 is 5.69 Å². The number of phenols is 1. The third-order valence-electron chi connectivity index (χ3n) is 3.45. The first-order valence-corrected chi connectivity index (χ1v) is 6.48. The van der Waals surface area contributed by atoms with Crippen molar-refractivity contribution < 1.29 is 19.7 Å². The van der Waals surface area contributed by atoms with Gasteiger partial charge in [-0.1, -0.05) is 18.2 Å². The van der Waals surface area contributed by atoms with Crippen molar-refractivity contribution in [2.45, 2.75) is 13.5 Å². The second-order valence-corrected chi connectivity index (χ2v) is 4.69. The molecule has 5 nitrogen and oxygen atoms in total. The van der Waals surface area contributed by atoms with E-state index in [1.807, 2.05) is 0 Å². The Hall–Kier alpha value is -2.40. The van der Waals surface area contributed by atoms with Crippen LogP contribution in [-0.4, -0.2) is 24.4 Å². The standard InChI is InChI=1S/C16H19NO4/c1-9-15(20-2)13(17)12(14(19)16(9)21-3)11-6-4-5-10(7-11)8-18/h4-7,18-19H,8,17H2,1-3H3. The molecule has 21 heavy (non-hydrogen) atoms. The minimum atomic E-state index is -0.0887. The van der Waals surface area contributed by atoms with Crippen molar-refractivity contribution in [3.63, 3.8) is 0 Å². The number of benzene rings is 2. The summed E-state index contributed by atoms with van der Waals surface area (Å²) in [6, 6.07) is 7.15. The minimum absolute atomic E-state index is 0.0385. The van der Waals surface area contributed by atoms with Gasteiger partial charge in [0.05, 0.1) is 32.1 Å². The van der Waals surface area contributed by atoms with E-state index >= 15 is 0 Å². The molecule has 0 heterocycles. The predicted molar refractivity (Wildman–Crippen MR) is 81.7 cm³/mol. The number of aliphatic hydroxyl groups is 1. The number of ether oxygens (including phenoxy) is 2. The molecule has 0 unspecified atom stereocenters. The van der Waals surface area contributed by atoms with Gasteiger partial charge in [0.1, 0.15) is 5.75 Å². The average molecular weight is 289 g/mol. The predicted octanol–water partition coefficient (Wildman–Crippen LogP) is 2.46. The molecule has 0 aliphatic heterocycles. The Morgan fingerprint density at radius 3 is 2.38 bits per heavy atom. The topological polar surface area (TPSA) is 84.9 Å². The summed E-state index contributed by atoms with van der Waals surface area (Å²) in [5, 5.41) is 19.7. The third-order valence-corrected chi connectivity index (χ3v) is 3.45. The molecule has 2 aromatic carbocycles. The van der Waals surface area contributed by atoms with Crippen LogP contribution in [0.5, 0.6) is 17.2 Å². The van der Waals surface area contributed by atoms with Crippen LogP contribution in [0.3, 0.4) is 0 Å². The monoisotopic (exact) mass is 289 g/mol. The van der Waals surface area contributed by atoms with E-state index in [2.05, 4.69) is 0 Å². The van der Waals surface area contributed by atoms with Crippen LogP contribution in [-0.2, 0) is 6.61 Å². The fourth-order valence-electron chi connectivity index (χ4n) is 2.47. The number of nitrogen functional groups attached to an aromatic ring is 1. The molecule has 0 spiro atoms. The van der Waals surface area contributed by atoms with Gasteiger partial charge in [0.2, 0.25) is 0 Å². The minimum Gasteiger partial charge on any atom is -0.504 e. The molecule has 2 aromatic rings. The van der Waals surface area contributed by atoms with Crippen molar-refractivity contribution in [1.82, 2.24) is 0 Å². The number of methoxy groups -OCH3 is 2. The number of aromatic hydroxyl groups is 1. The molecule has 2 rings (SSSR count). The van der Waals surface area contributed by atoms with Crippen molar-refractivity contribution in [2.75, 3.05) is 20.0 Å². The van der Waals surface area contributed by atoms with Gasteiger partial charge in [-0.25, -0.2) is 0 Å². The Kier molecular flexibility index (Phi) is 4.23. The van der Waals surface area contributed by atoms with Gasteiger partial charge in [-0.05, 0) is 24.1 Å². The lowest BCUT2D eigenvalue weighted by atomic mass is 9.97. The quantitative estimate of drug-likeness (QED) is 0.753. The highest BCUT2D eigenvalue weighted by atomic mass is 16.5. The van der Waals surface area contributed by atoms with E-state index < -0.39 is 0 Å². The highest BCUT2D eigenvalue weighted by molar-refractivity contribution is 5.89. The molecular formula is C16H19NO4. The zero-order valence-corrected chi connectivity index (χ0v) is 12.3. The summed E-state index contributed by atoms with van der Waals surface area (Å²) in [5.74, 6) is 0.753. The Morgan fingerprint density at radius 1 is 1.14 bits per heavy atom. The number of hydrogen-bond donors (Lipinski definition) is 3. The van der Waals surface area contributed by atoms with Gasteiger partial charge in [0.15, 0.2) is 11.5 Å². The number of rotatable bonds is 4. The number of aliphatic hydroxyl groups excluding tert-OH is 1. The van der Waals surface area contributed by atoms with Gasteiger partial charge < -0.3 is 25.4 Å². The molecular weight excluding hydrogens is 270 g/mol. The van der Waals surface area contributed by atoms with Gasteiger partial charge in [-0.3, -0.25) is 0 Å². The van der Waals surface area contributed by atoms with Gasteiger partial charge >= 0.3 is 0 Å². The van der Waals surface area contributed by atoms with E-state index in [4.69, 9.17) is 15.2 Å². The summed E-state index contributed by atoms with van der Waals surface area (Å²) >= 11 is 0. The lowest BCUT2D eigenvalue weighted by Crippen LogP contribution is -2.01. The van der Waals surface area contributed by atoms with Crippen LogP contribution in [0.25, 0.3) is 11.1 Å². The lowest BCUT2D eigenvalue weighted by molar-refractivity contribution is 0.282. The van der Waals surface area contributed by atoms with Crippen LogP contribution in [0, 0.1) is 6.92 Å². The highest BCUT2D eigenvalue weighted by Gasteiger charge is 2.22. The number of hydrogen-bond acceptors (Lipinski definition) is 5.